The van der Waals surface area contributed by atoms with E-state index in [1.807, 2.05) is 18.2 Å². The third kappa shape index (κ3) is 3.56. The molecule has 0 saturated carbocycles. The second-order valence-corrected chi connectivity index (χ2v) is 5.80. The molecule has 2 aromatic rings. The maximum absolute atomic E-state index is 6.06. The van der Waals surface area contributed by atoms with Crippen molar-refractivity contribution >= 4 is 5.69 Å². The Morgan fingerprint density at radius 1 is 1.14 bits per heavy atom. The minimum atomic E-state index is 0.190. The minimum Gasteiger partial charge on any atom is -0.485 e. The molecule has 1 aliphatic heterocycles. The molecule has 0 aliphatic carbocycles. The largest absolute Gasteiger partial charge is 0.485 e. The Hall–Kier alpha value is -2.00. The average molecular weight is 282 g/mol. The molecule has 0 amide bonds. The molecular weight excluding hydrogens is 260 g/mol. The number of nitrogens with one attached hydrogen (secondary N) is 1. The predicted molar refractivity (Wildman–Crippen MR) is 86.9 cm³/mol. The maximum atomic E-state index is 6.06. The van der Waals surface area contributed by atoms with Crippen LogP contribution in [0, 0.1) is 6.92 Å². The average Bonchev–Trinajstić information content (AvgIpc) is 2.49. The van der Waals surface area contributed by atoms with Gasteiger partial charge in [0.05, 0.1) is 12.2 Å². The van der Waals surface area contributed by atoms with Crippen molar-refractivity contribution in [2.24, 2.45) is 0 Å². The molecule has 110 valence electrons. The molecule has 1 heterocycles. The monoisotopic (exact) mass is 282 g/mol. The molecular formula is C18H22N2O. The lowest BCUT2D eigenvalue weighted by atomic mass is 10.1. The van der Waals surface area contributed by atoms with Gasteiger partial charge in [-0.1, -0.05) is 42.0 Å². The standard InChI is InChI=1S/C18H22N2O/c1-14-7-9-15(10-8-14)12-20(2)13-16-11-19-17-5-3-4-6-18(17)21-16/h3-10,16,19H,11-13H2,1-2H3. The topological polar surface area (TPSA) is 24.5 Å². The van der Waals surface area contributed by atoms with Gasteiger partial charge in [-0.15, -0.1) is 0 Å². The molecule has 1 aliphatic rings. The first-order chi connectivity index (χ1) is 10.2. The molecule has 2 aromatic carbocycles. The second-order valence-electron chi connectivity index (χ2n) is 5.80. The van der Waals surface area contributed by atoms with Crippen LogP contribution in [-0.4, -0.2) is 31.1 Å². The molecule has 0 aromatic heterocycles. The summed E-state index contributed by atoms with van der Waals surface area (Å²) in [7, 11) is 2.14. The molecule has 0 spiro atoms. The van der Waals surface area contributed by atoms with Gasteiger partial charge in [0.15, 0.2) is 0 Å². The van der Waals surface area contributed by atoms with Gasteiger partial charge in [-0.3, -0.25) is 4.90 Å². The van der Waals surface area contributed by atoms with Crippen LogP contribution in [0.4, 0.5) is 5.69 Å². The van der Waals surface area contributed by atoms with Crippen LogP contribution >= 0.6 is 0 Å². The summed E-state index contributed by atoms with van der Waals surface area (Å²) in [5.74, 6) is 0.956. The number of benzene rings is 2. The van der Waals surface area contributed by atoms with Gasteiger partial charge in [-0.25, -0.2) is 0 Å². The fourth-order valence-electron chi connectivity index (χ4n) is 2.68. The van der Waals surface area contributed by atoms with E-state index in [4.69, 9.17) is 4.74 Å². The highest BCUT2D eigenvalue weighted by atomic mass is 16.5. The van der Waals surface area contributed by atoms with Gasteiger partial charge >= 0.3 is 0 Å². The first kappa shape index (κ1) is 14.0. The Morgan fingerprint density at radius 3 is 2.71 bits per heavy atom. The van der Waals surface area contributed by atoms with Gasteiger partial charge in [0.1, 0.15) is 11.9 Å². The number of rotatable bonds is 4. The van der Waals surface area contributed by atoms with Crippen molar-refractivity contribution in [1.29, 1.82) is 0 Å². The minimum absolute atomic E-state index is 0.190. The van der Waals surface area contributed by atoms with E-state index in [0.717, 1.165) is 31.1 Å². The molecule has 0 radical (unpaired) electrons. The summed E-state index contributed by atoms with van der Waals surface area (Å²) < 4.78 is 6.06. The maximum Gasteiger partial charge on any atom is 0.142 e. The van der Waals surface area contributed by atoms with Crippen LogP contribution in [-0.2, 0) is 6.54 Å². The van der Waals surface area contributed by atoms with Gasteiger partial charge in [-0.2, -0.15) is 0 Å². The predicted octanol–water partition coefficient (Wildman–Crippen LogP) is 3.30. The van der Waals surface area contributed by atoms with Crippen molar-refractivity contribution in [2.45, 2.75) is 19.6 Å². The number of para-hydroxylation sites is 2. The van der Waals surface area contributed by atoms with Gasteiger partial charge in [0.25, 0.3) is 0 Å². The van der Waals surface area contributed by atoms with Crippen LogP contribution in [0.2, 0.25) is 0 Å². The Kier molecular flexibility index (Phi) is 4.11. The fourth-order valence-corrected chi connectivity index (χ4v) is 2.68. The molecule has 1 unspecified atom stereocenters. The van der Waals surface area contributed by atoms with Gasteiger partial charge in [0, 0.05) is 13.1 Å². The molecule has 21 heavy (non-hydrogen) atoms. The van der Waals surface area contributed by atoms with Crippen molar-refractivity contribution in [3.8, 4) is 5.75 Å². The third-order valence-electron chi connectivity index (χ3n) is 3.79. The number of anilines is 1. The van der Waals surface area contributed by atoms with E-state index in [1.54, 1.807) is 0 Å². The number of hydrogen-bond donors (Lipinski definition) is 1. The van der Waals surface area contributed by atoms with Gasteiger partial charge < -0.3 is 10.1 Å². The summed E-state index contributed by atoms with van der Waals surface area (Å²) in [6, 6.07) is 16.8. The first-order valence-corrected chi connectivity index (χ1v) is 7.44. The highest BCUT2D eigenvalue weighted by molar-refractivity contribution is 5.57. The van der Waals surface area contributed by atoms with Crippen LogP contribution < -0.4 is 10.1 Å². The van der Waals surface area contributed by atoms with Gasteiger partial charge in [-0.05, 0) is 31.7 Å². The van der Waals surface area contributed by atoms with E-state index in [0.29, 0.717) is 0 Å². The van der Waals surface area contributed by atoms with Crippen molar-refractivity contribution in [2.75, 3.05) is 25.5 Å². The second kappa shape index (κ2) is 6.19. The summed E-state index contributed by atoms with van der Waals surface area (Å²) in [4.78, 5) is 2.31. The van der Waals surface area contributed by atoms with Crippen LogP contribution in [0.1, 0.15) is 11.1 Å². The molecule has 0 bridgehead atoms. The summed E-state index contributed by atoms with van der Waals surface area (Å²) in [5, 5.41) is 3.44. The molecule has 1 N–H and O–H groups in total. The van der Waals surface area contributed by atoms with E-state index in [-0.39, 0.29) is 6.10 Å². The molecule has 3 nitrogen and oxygen atoms in total. The zero-order valence-corrected chi connectivity index (χ0v) is 12.7. The van der Waals surface area contributed by atoms with Crippen LogP contribution in [0.25, 0.3) is 0 Å². The Labute approximate surface area is 126 Å². The molecule has 1 atom stereocenters. The quantitative estimate of drug-likeness (QED) is 0.931. The van der Waals surface area contributed by atoms with E-state index < -0.39 is 0 Å². The van der Waals surface area contributed by atoms with Crippen LogP contribution in [0.3, 0.4) is 0 Å². The molecule has 3 rings (SSSR count). The lowest BCUT2D eigenvalue weighted by molar-refractivity contribution is 0.148. The van der Waals surface area contributed by atoms with E-state index in [2.05, 4.69) is 54.5 Å². The Balaban J connectivity index is 1.56. The van der Waals surface area contributed by atoms with E-state index >= 15 is 0 Å². The fraction of sp³-hybridized carbons (Fsp3) is 0.333. The summed E-state index contributed by atoms with van der Waals surface area (Å²) in [6.45, 7) is 4.83. The van der Waals surface area contributed by atoms with Crippen molar-refractivity contribution in [3.05, 3.63) is 59.7 Å². The molecule has 0 saturated heterocycles. The van der Waals surface area contributed by atoms with Crippen LogP contribution in [0.5, 0.6) is 5.75 Å². The normalized spacial score (nSPS) is 17.0. The lowest BCUT2D eigenvalue weighted by Crippen LogP contribution is -2.40. The van der Waals surface area contributed by atoms with E-state index in [9.17, 15) is 0 Å². The number of likely N-dealkylation sites (N-methyl/N-ethyl adjacent to an activating group) is 1. The molecule has 3 heteroatoms. The number of hydrogen-bond acceptors (Lipinski definition) is 3. The van der Waals surface area contributed by atoms with E-state index in [1.165, 1.54) is 11.1 Å². The first-order valence-electron chi connectivity index (χ1n) is 7.44. The van der Waals surface area contributed by atoms with Crippen molar-refractivity contribution < 1.29 is 4.74 Å². The number of fused-ring (bicyclic) bond motifs is 1. The highest BCUT2D eigenvalue weighted by Crippen LogP contribution is 2.28. The number of aryl methyl sites for hydroxylation is 1. The zero-order chi connectivity index (χ0) is 14.7. The zero-order valence-electron chi connectivity index (χ0n) is 12.7. The van der Waals surface area contributed by atoms with Gasteiger partial charge in [0.2, 0.25) is 0 Å². The SMILES string of the molecule is Cc1ccc(CN(C)CC2CNc3ccccc3O2)cc1. The highest BCUT2D eigenvalue weighted by Gasteiger charge is 2.20. The third-order valence-corrected chi connectivity index (χ3v) is 3.79. The van der Waals surface area contributed by atoms with Crippen molar-refractivity contribution in [3.63, 3.8) is 0 Å². The summed E-state index contributed by atoms with van der Waals surface area (Å²) in [5.41, 5.74) is 3.74. The van der Waals surface area contributed by atoms with Crippen LogP contribution in [0.15, 0.2) is 48.5 Å². The molecule has 0 fully saturated rings. The number of ether oxygens (including phenoxy) is 1. The lowest BCUT2D eigenvalue weighted by Gasteiger charge is -2.30. The Morgan fingerprint density at radius 2 is 1.90 bits per heavy atom. The van der Waals surface area contributed by atoms with Crippen molar-refractivity contribution in [1.82, 2.24) is 4.90 Å². The smallest absolute Gasteiger partial charge is 0.142 e. The number of nitrogens with zero attached hydrogens (tertiary/aromatic N) is 1. The summed E-state index contributed by atoms with van der Waals surface area (Å²) >= 11 is 0. The summed E-state index contributed by atoms with van der Waals surface area (Å²) in [6.07, 6.45) is 0.190. The Bertz CT molecular complexity index is 594.